The van der Waals surface area contributed by atoms with Gasteiger partial charge in [-0.25, -0.2) is 23.4 Å². The number of halogens is 1. The SMILES string of the molecule is CC(C)OP1(=O)OC[C@@H](O[C@H](CF)c2cnc3c(N)ncnn23)[C@H](C)O1. The average Bonchev–Trinajstić information content (AvgIpc) is 2.99. The number of anilines is 1. The van der Waals surface area contributed by atoms with Crippen LogP contribution in [0.15, 0.2) is 12.5 Å². The molecule has 26 heavy (non-hydrogen) atoms. The highest BCUT2D eigenvalue weighted by Crippen LogP contribution is 2.54. The molecular weight excluding hydrogens is 368 g/mol. The predicted molar refractivity (Wildman–Crippen MR) is 89.1 cm³/mol. The Bertz CT molecular complexity index is 818. The third-order valence-corrected chi connectivity index (χ3v) is 5.46. The number of hydrogen-bond donors (Lipinski definition) is 1. The predicted octanol–water partition coefficient (Wildman–Crippen LogP) is 2.07. The zero-order valence-electron chi connectivity index (χ0n) is 14.6. The number of alkyl halides is 1. The van der Waals surface area contributed by atoms with Crippen LogP contribution in [0.3, 0.4) is 0 Å². The van der Waals surface area contributed by atoms with Crippen LogP contribution in [0.25, 0.3) is 5.65 Å². The topological polar surface area (TPSA) is 123 Å². The molecule has 0 bridgehead atoms. The van der Waals surface area contributed by atoms with Gasteiger partial charge in [-0.2, -0.15) is 5.10 Å². The Hall–Kier alpha value is -1.65. The molecule has 0 spiro atoms. The van der Waals surface area contributed by atoms with E-state index >= 15 is 0 Å². The lowest BCUT2D eigenvalue weighted by Gasteiger charge is -2.35. The molecule has 1 aliphatic rings. The number of fused-ring (bicyclic) bond motifs is 1. The van der Waals surface area contributed by atoms with Gasteiger partial charge < -0.3 is 10.5 Å². The van der Waals surface area contributed by atoms with E-state index in [2.05, 4.69) is 15.1 Å². The largest absolute Gasteiger partial charge is 0.475 e. The van der Waals surface area contributed by atoms with Crippen LogP contribution < -0.4 is 5.73 Å². The quantitative estimate of drug-likeness (QED) is 0.740. The van der Waals surface area contributed by atoms with E-state index in [1.54, 1.807) is 20.8 Å². The summed E-state index contributed by atoms with van der Waals surface area (Å²) in [6.45, 7) is 4.21. The van der Waals surface area contributed by atoms with Crippen LogP contribution in [-0.2, 0) is 22.9 Å². The van der Waals surface area contributed by atoms with E-state index < -0.39 is 32.8 Å². The highest BCUT2D eigenvalue weighted by Gasteiger charge is 2.41. The number of rotatable bonds is 6. The molecule has 1 aliphatic heterocycles. The van der Waals surface area contributed by atoms with E-state index in [-0.39, 0.29) is 18.5 Å². The summed E-state index contributed by atoms with van der Waals surface area (Å²) in [5.41, 5.74) is 6.41. The van der Waals surface area contributed by atoms with Crippen molar-refractivity contribution in [1.29, 1.82) is 0 Å². The van der Waals surface area contributed by atoms with Gasteiger partial charge in [-0.15, -0.1) is 0 Å². The molecule has 4 atom stereocenters. The number of imidazole rings is 1. The van der Waals surface area contributed by atoms with E-state index in [4.69, 9.17) is 24.0 Å². The van der Waals surface area contributed by atoms with Gasteiger partial charge in [-0.05, 0) is 20.8 Å². The summed E-state index contributed by atoms with van der Waals surface area (Å²) in [7, 11) is -3.65. The summed E-state index contributed by atoms with van der Waals surface area (Å²) < 4.78 is 49.0. The van der Waals surface area contributed by atoms with E-state index in [9.17, 15) is 8.96 Å². The molecule has 0 amide bonds. The molecule has 2 N–H and O–H groups in total. The highest BCUT2D eigenvalue weighted by molar-refractivity contribution is 7.48. The number of ether oxygens (including phenoxy) is 1. The van der Waals surface area contributed by atoms with Crippen LogP contribution in [0.1, 0.15) is 32.6 Å². The summed E-state index contributed by atoms with van der Waals surface area (Å²) >= 11 is 0. The molecule has 2 aromatic heterocycles. The van der Waals surface area contributed by atoms with Crippen LogP contribution in [0.2, 0.25) is 0 Å². The van der Waals surface area contributed by atoms with Crippen LogP contribution in [0, 0.1) is 0 Å². The van der Waals surface area contributed by atoms with Crippen molar-refractivity contribution < 1.29 is 27.3 Å². The highest BCUT2D eigenvalue weighted by atomic mass is 31.2. The zero-order chi connectivity index (χ0) is 18.9. The number of phosphoric ester groups is 1. The first-order valence-electron chi connectivity index (χ1n) is 8.10. The fourth-order valence-corrected chi connectivity index (χ4v) is 4.09. The van der Waals surface area contributed by atoms with Crippen LogP contribution in [-0.4, -0.2) is 51.2 Å². The standard InChI is InChI=1S/C14H21FN5O5P/c1-8(2)24-26(21)22-6-12(9(3)25-26)23-11(4-15)10-5-17-14-13(16)18-7-19-20(10)14/h5,7-9,11-12H,4,6H2,1-3H3,(H2,16,18,19)/t9-,11+,12+,26?/m0/s1. The first-order chi connectivity index (χ1) is 12.3. The van der Waals surface area contributed by atoms with E-state index in [1.165, 1.54) is 17.0 Å². The molecule has 1 saturated heterocycles. The lowest BCUT2D eigenvalue weighted by Crippen LogP contribution is -2.38. The summed E-state index contributed by atoms with van der Waals surface area (Å²) in [4.78, 5) is 7.93. The normalized spacial score (nSPS) is 27.9. The van der Waals surface area contributed by atoms with Crippen LogP contribution in [0.5, 0.6) is 0 Å². The average molecular weight is 389 g/mol. The van der Waals surface area contributed by atoms with E-state index in [1.807, 2.05) is 0 Å². The molecule has 10 nitrogen and oxygen atoms in total. The number of nitrogen functional groups attached to an aromatic ring is 1. The molecule has 0 saturated carbocycles. The smallest absolute Gasteiger partial charge is 0.381 e. The van der Waals surface area contributed by atoms with Gasteiger partial charge in [0.2, 0.25) is 0 Å². The first-order valence-corrected chi connectivity index (χ1v) is 9.56. The van der Waals surface area contributed by atoms with E-state index in [0.717, 1.165) is 0 Å². The van der Waals surface area contributed by atoms with Crippen LogP contribution >= 0.6 is 7.82 Å². The maximum absolute atomic E-state index is 13.7. The molecule has 12 heteroatoms. The molecule has 2 aromatic rings. The minimum atomic E-state index is -3.65. The Morgan fingerprint density at radius 2 is 2.27 bits per heavy atom. The second-order valence-electron chi connectivity index (χ2n) is 6.09. The molecule has 0 radical (unpaired) electrons. The third-order valence-electron chi connectivity index (χ3n) is 3.72. The van der Waals surface area contributed by atoms with E-state index in [0.29, 0.717) is 11.3 Å². The number of nitrogens with two attached hydrogens (primary N) is 1. The third kappa shape index (κ3) is 3.86. The lowest BCUT2D eigenvalue weighted by molar-refractivity contribution is -0.125. The molecule has 1 fully saturated rings. The lowest BCUT2D eigenvalue weighted by atomic mass is 10.2. The minimum Gasteiger partial charge on any atom is -0.381 e. The Morgan fingerprint density at radius 1 is 1.50 bits per heavy atom. The fraction of sp³-hybridized carbons (Fsp3) is 0.643. The summed E-state index contributed by atoms with van der Waals surface area (Å²) in [5, 5.41) is 4.03. The van der Waals surface area contributed by atoms with Crippen molar-refractivity contribution in [2.45, 2.75) is 45.2 Å². The zero-order valence-corrected chi connectivity index (χ0v) is 15.5. The molecular formula is C14H21FN5O5P. The summed E-state index contributed by atoms with van der Waals surface area (Å²) in [5.74, 6) is 0.174. The molecule has 1 unspecified atom stereocenters. The molecule has 3 rings (SSSR count). The fourth-order valence-electron chi connectivity index (χ4n) is 2.53. The minimum absolute atomic E-state index is 0.0600. The van der Waals surface area contributed by atoms with Crippen molar-refractivity contribution in [2.75, 3.05) is 19.0 Å². The molecule has 0 aromatic carbocycles. The Labute approximate surface area is 149 Å². The van der Waals surface area contributed by atoms with Crippen molar-refractivity contribution in [3.05, 3.63) is 18.2 Å². The van der Waals surface area contributed by atoms with Crippen molar-refractivity contribution >= 4 is 19.3 Å². The second kappa shape index (κ2) is 7.53. The molecule has 0 aliphatic carbocycles. The first kappa shape index (κ1) is 19.1. The second-order valence-corrected chi connectivity index (χ2v) is 7.66. The maximum Gasteiger partial charge on any atom is 0.475 e. The van der Waals surface area contributed by atoms with Gasteiger partial charge in [0.15, 0.2) is 11.5 Å². The monoisotopic (exact) mass is 389 g/mol. The van der Waals surface area contributed by atoms with Gasteiger partial charge in [0.25, 0.3) is 0 Å². The number of aromatic nitrogens is 4. The number of phosphoric acid groups is 1. The van der Waals surface area contributed by atoms with Gasteiger partial charge in [0.05, 0.1) is 30.7 Å². The van der Waals surface area contributed by atoms with Crippen LogP contribution in [0.4, 0.5) is 10.2 Å². The maximum atomic E-state index is 13.7. The molecule has 144 valence electrons. The summed E-state index contributed by atoms with van der Waals surface area (Å²) in [6, 6.07) is 0. The van der Waals surface area contributed by atoms with Gasteiger partial charge in [-0.1, -0.05) is 0 Å². The Kier molecular flexibility index (Phi) is 5.54. The van der Waals surface area contributed by atoms with Crippen molar-refractivity contribution in [2.24, 2.45) is 0 Å². The van der Waals surface area contributed by atoms with Crippen molar-refractivity contribution in [3.63, 3.8) is 0 Å². The number of nitrogens with zero attached hydrogens (tertiary/aromatic N) is 4. The number of hydrogen-bond acceptors (Lipinski definition) is 9. The molecule has 3 heterocycles. The van der Waals surface area contributed by atoms with Crippen molar-refractivity contribution in [1.82, 2.24) is 19.6 Å². The van der Waals surface area contributed by atoms with Gasteiger partial charge in [0.1, 0.15) is 25.2 Å². The van der Waals surface area contributed by atoms with Gasteiger partial charge in [0, 0.05) is 0 Å². The summed E-state index contributed by atoms with van der Waals surface area (Å²) in [6.07, 6.45) is 0.0825. The van der Waals surface area contributed by atoms with Crippen molar-refractivity contribution in [3.8, 4) is 0 Å². The Morgan fingerprint density at radius 3 is 2.92 bits per heavy atom. The van der Waals surface area contributed by atoms with Gasteiger partial charge >= 0.3 is 7.82 Å². The Balaban J connectivity index is 1.74. The van der Waals surface area contributed by atoms with Gasteiger partial charge in [-0.3, -0.25) is 13.6 Å².